The number of sulfonamides is 1. The highest BCUT2D eigenvalue weighted by atomic mass is 79.9. The van der Waals surface area contributed by atoms with Gasteiger partial charge in [-0.05, 0) is 62.1 Å². The number of nitrogens with zero attached hydrogens (tertiary/aromatic N) is 2. The summed E-state index contributed by atoms with van der Waals surface area (Å²) in [6.07, 6.45) is 2.30. The lowest BCUT2D eigenvalue weighted by molar-refractivity contribution is -0.140. The van der Waals surface area contributed by atoms with Crippen molar-refractivity contribution in [3.63, 3.8) is 0 Å². The first kappa shape index (κ1) is 29.1. The summed E-state index contributed by atoms with van der Waals surface area (Å²) >= 11 is 9.64. The van der Waals surface area contributed by atoms with Gasteiger partial charge < -0.3 is 10.2 Å². The van der Waals surface area contributed by atoms with E-state index in [1.165, 1.54) is 4.31 Å². The van der Waals surface area contributed by atoms with E-state index in [2.05, 4.69) is 21.2 Å². The number of anilines is 1. The Kier molecular flexibility index (Phi) is 11.0. The van der Waals surface area contributed by atoms with Crippen molar-refractivity contribution in [2.45, 2.75) is 52.6 Å². The molecule has 2 amide bonds. The highest BCUT2D eigenvalue weighted by molar-refractivity contribution is 9.10. The first-order valence-corrected chi connectivity index (χ1v) is 14.5. The van der Waals surface area contributed by atoms with Gasteiger partial charge in [0, 0.05) is 35.6 Å². The molecular formula is C25H33BrClN3O4S. The molecule has 0 saturated carbocycles. The molecule has 35 heavy (non-hydrogen) atoms. The predicted molar refractivity (Wildman–Crippen MR) is 145 cm³/mol. The van der Waals surface area contributed by atoms with Crippen molar-refractivity contribution in [2.24, 2.45) is 0 Å². The van der Waals surface area contributed by atoms with Gasteiger partial charge in [-0.1, -0.05) is 52.7 Å². The normalized spacial score (nSPS) is 12.2. The molecule has 1 unspecified atom stereocenters. The molecule has 192 valence electrons. The van der Waals surface area contributed by atoms with Crippen molar-refractivity contribution in [1.82, 2.24) is 10.2 Å². The maximum absolute atomic E-state index is 13.3. The Bertz CT molecular complexity index is 1140. The summed E-state index contributed by atoms with van der Waals surface area (Å²) in [6, 6.07) is 12.0. The van der Waals surface area contributed by atoms with Gasteiger partial charge in [-0.25, -0.2) is 8.42 Å². The second-order valence-electron chi connectivity index (χ2n) is 8.44. The standard InChI is InChI=1S/C25H33BrClN3O4S/c1-5-14-28-25(32)19(3)29(17-20-9-6-10-21(26)16-20)24(31)13-8-15-30(35(4,33)34)23-12-7-11-22(27)18(23)2/h6-7,9-12,16,19H,5,8,13-15,17H2,1-4H3,(H,28,32). The second kappa shape index (κ2) is 13.3. The Labute approximate surface area is 222 Å². The number of halogens is 2. The minimum atomic E-state index is -3.59. The van der Waals surface area contributed by atoms with E-state index in [9.17, 15) is 18.0 Å². The summed E-state index contributed by atoms with van der Waals surface area (Å²) < 4.78 is 27.2. The zero-order valence-corrected chi connectivity index (χ0v) is 23.7. The molecule has 0 saturated heterocycles. The van der Waals surface area contributed by atoms with Gasteiger partial charge in [0.25, 0.3) is 0 Å². The lowest BCUT2D eigenvalue weighted by atomic mass is 10.1. The quantitative estimate of drug-likeness (QED) is 0.383. The number of benzene rings is 2. The summed E-state index contributed by atoms with van der Waals surface area (Å²) in [5.41, 5.74) is 2.03. The van der Waals surface area contributed by atoms with Crippen LogP contribution in [0.4, 0.5) is 5.69 Å². The molecular weight excluding hydrogens is 554 g/mol. The average molecular weight is 587 g/mol. The van der Waals surface area contributed by atoms with Crippen LogP contribution in [0, 0.1) is 6.92 Å². The molecule has 0 aliphatic rings. The van der Waals surface area contributed by atoms with E-state index < -0.39 is 16.1 Å². The molecule has 0 heterocycles. The lowest BCUT2D eigenvalue weighted by Gasteiger charge is -2.29. The van der Waals surface area contributed by atoms with Gasteiger partial charge in [-0.3, -0.25) is 13.9 Å². The highest BCUT2D eigenvalue weighted by Gasteiger charge is 2.27. The molecule has 0 radical (unpaired) electrons. The van der Waals surface area contributed by atoms with Crippen LogP contribution in [-0.4, -0.2) is 50.5 Å². The third-order valence-electron chi connectivity index (χ3n) is 5.62. The van der Waals surface area contributed by atoms with Gasteiger partial charge in [0.15, 0.2) is 0 Å². The zero-order valence-electron chi connectivity index (χ0n) is 20.6. The fourth-order valence-electron chi connectivity index (χ4n) is 3.66. The molecule has 0 aliphatic heterocycles. The van der Waals surface area contributed by atoms with E-state index in [4.69, 9.17) is 11.6 Å². The second-order valence-corrected chi connectivity index (χ2v) is 11.7. The van der Waals surface area contributed by atoms with Crippen molar-refractivity contribution < 1.29 is 18.0 Å². The molecule has 0 fully saturated rings. The van der Waals surface area contributed by atoms with Crippen LogP contribution < -0.4 is 9.62 Å². The van der Waals surface area contributed by atoms with E-state index in [1.807, 2.05) is 31.2 Å². The van der Waals surface area contributed by atoms with E-state index >= 15 is 0 Å². The molecule has 2 aromatic carbocycles. The van der Waals surface area contributed by atoms with Crippen LogP contribution in [0.1, 0.15) is 44.2 Å². The topological polar surface area (TPSA) is 86.8 Å². The van der Waals surface area contributed by atoms with E-state index in [0.717, 1.165) is 22.7 Å². The SMILES string of the molecule is CCCNC(=O)C(C)N(Cc1cccc(Br)c1)C(=O)CCCN(c1cccc(Cl)c1C)S(C)(=O)=O. The number of amides is 2. The smallest absolute Gasteiger partial charge is 0.242 e. The van der Waals surface area contributed by atoms with Crippen LogP contribution in [-0.2, 0) is 26.2 Å². The summed E-state index contributed by atoms with van der Waals surface area (Å²) in [5, 5.41) is 3.32. The largest absolute Gasteiger partial charge is 0.354 e. The highest BCUT2D eigenvalue weighted by Crippen LogP contribution is 2.28. The minimum absolute atomic E-state index is 0.0883. The van der Waals surface area contributed by atoms with Gasteiger partial charge in [0.2, 0.25) is 21.8 Å². The maximum Gasteiger partial charge on any atom is 0.242 e. The van der Waals surface area contributed by atoms with Crippen LogP contribution >= 0.6 is 27.5 Å². The van der Waals surface area contributed by atoms with Crippen LogP contribution in [0.5, 0.6) is 0 Å². The number of rotatable bonds is 12. The number of hydrogen-bond acceptors (Lipinski definition) is 4. The fraction of sp³-hybridized carbons (Fsp3) is 0.440. The van der Waals surface area contributed by atoms with Crippen molar-refractivity contribution in [3.8, 4) is 0 Å². The third-order valence-corrected chi connectivity index (χ3v) is 7.70. The first-order chi connectivity index (χ1) is 16.5. The number of carbonyl (C=O) groups is 2. The Hall–Kier alpha value is -2.10. The van der Waals surface area contributed by atoms with Crippen LogP contribution in [0.3, 0.4) is 0 Å². The zero-order chi connectivity index (χ0) is 26.2. The van der Waals surface area contributed by atoms with Gasteiger partial charge in [0.1, 0.15) is 6.04 Å². The number of nitrogens with one attached hydrogen (secondary N) is 1. The van der Waals surface area contributed by atoms with Crippen LogP contribution in [0.25, 0.3) is 0 Å². The Morgan fingerprint density at radius 1 is 1.17 bits per heavy atom. The molecule has 10 heteroatoms. The van der Waals surface area contributed by atoms with Crippen LogP contribution in [0.2, 0.25) is 5.02 Å². The average Bonchev–Trinajstić information content (AvgIpc) is 2.79. The maximum atomic E-state index is 13.3. The van der Waals surface area contributed by atoms with Gasteiger partial charge in [0.05, 0.1) is 11.9 Å². The Balaban J connectivity index is 2.19. The predicted octanol–water partition coefficient (Wildman–Crippen LogP) is 4.90. The van der Waals surface area contributed by atoms with E-state index in [1.54, 1.807) is 36.9 Å². The van der Waals surface area contributed by atoms with Crippen molar-refractivity contribution >= 4 is 55.1 Å². The molecule has 0 bridgehead atoms. The van der Waals surface area contributed by atoms with Gasteiger partial charge in [-0.2, -0.15) is 0 Å². The summed E-state index contributed by atoms with van der Waals surface area (Å²) in [5.74, 6) is -0.442. The third kappa shape index (κ3) is 8.51. The molecule has 2 aromatic rings. The molecule has 0 aromatic heterocycles. The molecule has 0 spiro atoms. The van der Waals surface area contributed by atoms with Gasteiger partial charge >= 0.3 is 0 Å². The number of carbonyl (C=O) groups excluding carboxylic acids is 2. The van der Waals surface area contributed by atoms with E-state index in [0.29, 0.717) is 22.8 Å². The Morgan fingerprint density at radius 3 is 2.49 bits per heavy atom. The Morgan fingerprint density at radius 2 is 1.86 bits per heavy atom. The van der Waals surface area contributed by atoms with E-state index in [-0.39, 0.29) is 37.7 Å². The first-order valence-electron chi connectivity index (χ1n) is 11.5. The molecule has 1 atom stereocenters. The fourth-order valence-corrected chi connectivity index (χ4v) is 5.29. The van der Waals surface area contributed by atoms with Gasteiger partial charge in [-0.15, -0.1) is 0 Å². The molecule has 0 aliphatic carbocycles. The number of hydrogen-bond donors (Lipinski definition) is 1. The van der Waals surface area contributed by atoms with Crippen molar-refractivity contribution in [1.29, 1.82) is 0 Å². The molecule has 7 nitrogen and oxygen atoms in total. The van der Waals surface area contributed by atoms with Crippen LogP contribution in [0.15, 0.2) is 46.9 Å². The lowest BCUT2D eigenvalue weighted by Crippen LogP contribution is -2.47. The summed E-state index contributed by atoms with van der Waals surface area (Å²) in [7, 11) is -3.59. The van der Waals surface area contributed by atoms with Crippen molar-refractivity contribution in [2.75, 3.05) is 23.7 Å². The minimum Gasteiger partial charge on any atom is -0.354 e. The summed E-state index contributed by atoms with van der Waals surface area (Å²) in [4.78, 5) is 27.5. The molecule has 2 rings (SSSR count). The molecule has 1 N–H and O–H groups in total. The van der Waals surface area contributed by atoms with Crippen molar-refractivity contribution in [3.05, 3.63) is 63.1 Å². The summed E-state index contributed by atoms with van der Waals surface area (Å²) in [6.45, 7) is 6.35. The monoisotopic (exact) mass is 585 g/mol.